The van der Waals surface area contributed by atoms with E-state index in [1.807, 2.05) is 18.2 Å². The maximum absolute atomic E-state index is 5.87. The molecule has 4 nitrogen and oxygen atoms in total. The molecule has 5 heteroatoms. The molecule has 3 N–H and O–H groups in total. The first kappa shape index (κ1) is 12.9. The van der Waals surface area contributed by atoms with Crippen molar-refractivity contribution < 1.29 is 0 Å². The Hall–Kier alpha value is -2.14. The van der Waals surface area contributed by atoms with Crippen LogP contribution in [0.25, 0.3) is 10.9 Å². The highest BCUT2D eigenvalue weighted by Crippen LogP contribution is 2.29. The molecule has 0 bridgehead atoms. The van der Waals surface area contributed by atoms with Crippen LogP contribution in [-0.4, -0.2) is 9.97 Å². The highest BCUT2D eigenvalue weighted by atomic mass is 32.1. The topological polar surface area (TPSA) is 63.8 Å². The van der Waals surface area contributed by atoms with Crippen LogP contribution < -0.4 is 11.1 Å². The van der Waals surface area contributed by atoms with Crippen LogP contribution in [0.5, 0.6) is 0 Å². The first-order valence-corrected chi connectivity index (χ1v) is 7.46. The van der Waals surface area contributed by atoms with Crippen molar-refractivity contribution in [3.8, 4) is 0 Å². The van der Waals surface area contributed by atoms with Gasteiger partial charge in [-0.05, 0) is 36.1 Å². The summed E-state index contributed by atoms with van der Waals surface area (Å²) in [5, 5.41) is 6.56. The molecular weight excluding hydrogens is 268 g/mol. The number of nitrogens with zero attached hydrogens (tertiary/aromatic N) is 2. The number of thiophene rings is 1. The number of hydrogen-bond acceptors (Lipinski definition) is 5. The first-order chi connectivity index (χ1) is 9.78. The predicted molar refractivity (Wildman–Crippen MR) is 84.9 cm³/mol. The molecule has 1 aromatic carbocycles. The average Bonchev–Trinajstić information content (AvgIpc) is 2.99. The molecular formula is C15H16N4S. The molecule has 0 saturated heterocycles. The molecule has 0 aliphatic heterocycles. The van der Waals surface area contributed by atoms with E-state index in [0.29, 0.717) is 0 Å². The van der Waals surface area contributed by atoms with E-state index in [4.69, 9.17) is 5.73 Å². The monoisotopic (exact) mass is 284 g/mol. The zero-order valence-corrected chi connectivity index (χ0v) is 12.0. The SMILES string of the molecule is CCC(Nc1ncnc2ccc(N)cc12)c1cccs1. The van der Waals surface area contributed by atoms with Crippen LogP contribution in [0.15, 0.2) is 42.0 Å². The van der Waals surface area contributed by atoms with E-state index in [1.54, 1.807) is 17.7 Å². The largest absolute Gasteiger partial charge is 0.399 e. The zero-order valence-electron chi connectivity index (χ0n) is 11.2. The summed E-state index contributed by atoms with van der Waals surface area (Å²) in [5.41, 5.74) is 7.49. The maximum Gasteiger partial charge on any atom is 0.137 e. The van der Waals surface area contributed by atoms with Crippen molar-refractivity contribution >= 4 is 33.7 Å². The maximum atomic E-state index is 5.87. The van der Waals surface area contributed by atoms with Crippen LogP contribution in [-0.2, 0) is 0 Å². The van der Waals surface area contributed by atoms with Crippen molar-refractivity contribution in [1.82, 2.24) is 9.97 Å². The van der Waals surface area contributed by atoms with Crippen molar-refractivity contribution in [1.29, 1.82) is 0 Å². The van der Waals surface area contributed by atoms with Crippen LogP contribution in [0.2, 0.25) is 0 Å². The molecule has 1 atom stereocenters. The van der Waals surface area contributed by atoms with Gasteiger partial charge in [-0.15, -0.1) is 11.3 Å². The number of rotatable bonds is 4. The van der Waals surface area contributed by atoms with Crippen molar-refractivity contribution in [3.05, 3.63) is 46.9 Å². The van der Waals surface area contributed by atoms with E-state index in [0.717, 1.165) is 28.8 Å². The van der Waals surface area contributed by atoms with Gasteiger partial charge in [0.2, 0.25) is 0 Å². The second-order valence-electron chi connectivity index (χ2n) is 4.62. The lowest BCUT2D eigenvalue weighted by molar-refractivity contribution is 0.760. The summed E-state index contributed by atoms with van der Waals surface area (Å²) < 4.78 is 0. The van der Waals surface area contributed by atoms with Gasteiger partial charge in [-0.3, -0.25) is 0 Å². The Morgan fingerprint density at radius 1 is 1.30 bits per heavy atom. The number of benzene rings is 1. The Bertz CT molecular complexity index is 709. The Labute approximate surface area is 121 Å². The minimum absolute atomic E-state index is 0.259. The summed E-state index contributed by atoms with van der Waals surface area (Å²) >= 11 is 1.75. The van der Waals surface area contributed by atoms with Crippen LogP contribution in [0, 0.1) is 0 Å². The highest BCUT2D eigenvalue weighted by molar-refractivity contribution is 7.10. The van der Waals surface area contributed by atoms with Crippen molar-refractivity contribution in [2.45, 2.75) is 19.4 Å². The van der Waals surface area contributed by atoms with Gasteiger partial charge in [0.15, 0.2) is 0 Å². The van der Waals surface area contributed by atoms with Gasteiger partial charge >= 0.3 is 0 Å². The second kappa shape index (κ2) is 5.46. The van der Waals surface area contributed by atoms with E-state index >= 15 is 0 Å². The van der Waals surface area contributed by atoms with Gasteiger partial charge in [0.05, 0.1) is 11.6 Å². The fraction of sp³-hybridized carbons (Fsp3) is 0.200. The fourth-order valence-electron chi connectivity index (χ4n) is 2.22. The summed E-state index contributed by atoms with van der Waals surface area (Å²) in [6.45, 7) is 2.16. The molecule has 0 aliphatic carbocycles. The molecule has 2 heterocycles. The molecule has 3 aromatic rings. The number of fused-ring (bicyclic) bond motifs is 1. The molecule has 1 unspecified atom stereocenters. The normalized spacial score (nSPS) is 12.4. The molecule has 2 aromatic heterocycles. The van der Waals surface area contributed by atoms with Crippen LogP contribution in [0.1, 0.15) is 24.3 Å². The lowest BCUT2D eigenvalue weighted by Gasteiger charge is -2.17. The van der Waals surface area contributed by atoms with E-state index in [1.165, 1.54) is 4.88 Å². The Morgan fingerprint density at radius 2 is 2.20 bits per heavy atom. The molecule has 3 rings (SSSR count). The van der Waals surface area contributed by atoms with Crippen molar-refractivity contribution in [3.63, 3.8) is 0 Å². The summed E-state index contributed by atoms with van der Waals surface area (Å²) in [5.74, 6) is 0.836. The molecule has 0 fully saturated rings. The van der Waals surface area contributed by atoms with E-state index in [2.05, 4.69) is 39.7 Å². The lowest BCUT2D eigenvalue weighted by atomic mass is 10.1. The summed E-state index contributed by atoms with van der Waals surface area (Å²) in [4.78, 5) is 9.96. The third-order valence-corrected chi connectivity index (χ3v) is 4.25. The summed E-state index contributed by atoms with van der Waals surface area (Å²) in [6, 6.07) is 10.2. The Kier molecular flexibility index (Phi) is 3.52. The van der Waals surface area contributed by atoms with Gasteiger partial charge in [0, 0.05) is 16.0 Å². The standard InChI is InChI=1S/C15H16N4S/c1-2-12(14-4-3-7-20-14)19-15-11-8-10(16)5-6-13(11)17-9-18-15/h3-9,12H,2,16H2,1H3,(H,17,18,19). The van der Waals surface area contributed by atoms with Gasteiger partial charge in [-0.1, -0.05) is 13.0 Å². The smallest absolute Gasteiger partial charge is 0.137 e. The molecule has 20 heavy (non-hydrogen) atoms. The van der Waals surface area contributed by atoms with Gasteiger partial charge in [-0.25, -0.2) is 9.97 Å². The van der Waals surface area contributed by atoms with Gasteiger partial charge in [0.25, 0.3) is 0 Å². The van der Waals surface area contributed by atoms with E-state index < -0.39 is 0 Å². The number of aromatic nitrogens is 2. The fourth-order valence-corrected chi connectivity index (χ4v) is 3.08. The third-order valence-electron chi connectivity index (χ3n) is 3.27. The van der Waals surface area contributed by atoms with E-state index in [-0.39, 0.29) is 6.04 Å². The number of hydrogen-bond donors (Lipinski definition) is 2. The quantitative estimate of drug-likeness (QED) is 0.715. The van der Waals surface area contributed by atoms with Gasteiger partial charge in [-0.2, -0.15) is 0 Å². The summed E-state index contributed by atoms with van der Waals surface area (Å²) in [7, 11) is 0. The van der Waals surface area contributed by atoms with Crippen LogP contribution >= 0.6 is 11.3 Å². The molecule has 0 aliphatic rings. The van der Waals surface area contributed by atoms with Crippen molar-refractivity contribution in [2.75, 3.05) is 11.1 Å². The summed E-state index contributed by atoms with van der Waals surface area (Å²) in [6.07, 6.45) is 2.58. The first-order valence-electron chi connectivity index (χ1n) is 6.58. The zero-order chi connectivity index (χ0) is 13.9. The number of nitrogen functional groups attached to an aromatic ring is 1. The molecule has 0 amide bonds. The molecule has 0 radical (unpaired) electrons. The van der Waals surface area contributed by atoms with Crippen LogP contribution in [0.4, 0.5) is 11.5 Å². The second-order valence-corrected chi connectivity index (χ2v) is 5.60. The third kappa shape index (κ3) is 2.44. The van der Waals surface area contributed by atoms with E-state index in [9.17, 15) is 0 Å². The number of nitrogens with one attached hydrogen (secondary N) is 1. The molecule has 102 valence electrons. The van der Waals surface area contributed by atoms with Gasteiger partial charge in [0.1, 0.15) is 12.1 Å². The molecule has 0 saturated carbocycles. The molecule has 0 spiro atoms. The van der Waals surface area contributed by atoms with Crippen molar-refractivity contribution in [2.24, 2.45) is 0 Å². The highest BCUT2D eigenvalue weighted by Gasteiger charge is 2.13. The Balaban J connectivity index is 1.99. The van der Waals surface area contributed by atoms with Gasteiger partial charge < -0.3 is 11.1 Å². The van der Waals surface area contributed by atoms with Crippen LogP contribution in [0.3, 0.4) is 0 Å². The average molecular weight is 284 g/mol. The minimum atomic E-state index is 0.259. The lowest BCUT2D eigenvalue weighted by Crippen LogP contribution is -2.10. The minimum Gasteiger partial charge on any atom is -0.399 e. The number of anilines is 2. The number of nitrogens with two attached hydrogens (primary N) is 1. The predicted octanol–water partition coefficient (Wildman–Crippen LogP) is 3.84. The Morgan fingerprint density at radius 3 is 2.95 bits per heavy atom.